The van der Waals surface area contributed by atoms with Crippen LogP contribution in [0.2, 0.25) is 0 Å². The van der Waals surface area contributed by atoms with Gasteiger partial charge in [-0.1, -0.05) is 6.07 Å². The molecule has 0 radical (unpaired) electrons. The maximum Gasteiger partial charge on any atom is 0.433 e. The second kappa shape index (κ2) is 8.14. The number of carbonyl (C=O) groups excluding carboxylic acids is 1. The van der Waals surface area contributed by atoms with Gasteiger partial charge in [0.25, 0.3) is 0 Å². The molecule has 0 unspecified atom stereocenters. The molecule has 1 fully saturated rings. The predicted octanol–water partition coefficient (Wildman–Crippen LogP) is 2.25. The minimum Gasteiger partial charge on any atom is -0.356 e. The third-order valence-corrected chi connectivity index (χ3v) is 5.73. The Morgan fingerprint density at radius 2 is 1.97 bits per heavy atom. The molecule has 0 aromatic carbocycles. The van der Waals surface area contributed by atoms with Crippen molar-refractivity contribution in [3.05, 3.63) is 48.2 Å². The molecular weight excluding hydrogens is 411 g/mol. The summed E-state index contributed by atoms with van der Waals surface area (Å²) in [5.41, 5.74) is -0.456. The van der Waals surface area contributed by atoms with Crippen LogP contribution in [0.25, 0.3) is 11.0 Å². The summed E-state index contributed by atoms with van der Waals surface area (Å²) in [7, 11) is 1.74. The summed E-state index contributed by atoms with van der Waals surface area (Å²) in [4.78, 5) is 30.2. The monoisotopic (exact) mass is 433 g/mol. The van der Waals surface area contributed by atoms with Crippen molar-refractivity contribution in [1.82, 2.24) is 30.6 Å². The number of H-pyrrole nitrogens is 1. The smallest absolute Gasteiger partial charge is 0.356 e. The zero-order valence-electron chi connectivity index (χ0n) is 16.8. The van der Waals surface area contributed by atoms with Gasteiger partial charge >= 0.3 is 6.18 Å². The Balaban J connectivity index is 1.39. The number of hydrogen-bond donors (Lipinski definition) is 3. The first kappa shape index (κ1) is 21.0. The first-order valence-electron chi connectivity index (χ1n) is 9.85. The highest BCUT2D eigenvalue weighted by Crippen LogP contribution is 2.29. The standard InChI is InChI=1S/C20H22F3N7O/c1-24-19(18(31)27-11-13-2-3-15(26-10-13)20(21,22)23)5-8-30(9-6-19)17-14-4-7-25-16(14)28-12-29-17/h2-4,7,10,12,24H,5-6,8-9,11H2,1H3,(H,27,31)(H,25,28,29). The van der Waals surface area contributed by atoms with Gasteiger partial charge in [-0.3, -0.25) is 9.78 Å². The van der Waals surface area contributed by atoms with Crippen molar-refractivity contribution in [3.63, 3.8) is 0 Å². The third kappa shape index (κ3) is 4.18. The molecule has 4 heterocycles. The lowest BCUT2D eigenvalue weighted by Crippen LogP contribution is -2.61. The Bertz CT molecular complexity index is 1060. The van der Waals surface area contributed by atoms with Crippen LogP contribution in [-0.2, 0) is 17.5 Å². The number of aromatic nitrogens is 4. The van der Waals surface area contributed by atoms with E-state index in [0.717, 1.165) is 29.1 Å². The van der Waals surface area contributed by atoms with Gasteiger partial charge in [0.05, 0.1) is 5.39 Å². The molecular formula is C20H22F3N7O. The fourth-order valence-electron chi connectivity index (χ4n) is 3.85. The first-order chi connectivity index (χ1) is 14.8. The van der Waals surface area contributed by atoms with Gasteiger partial charge in [-0.25, -0.2) is 9.97 Å². The van der Waals surface area contributed by atoms with E-state index >= 15 is 0 Å². The van der Waals surface area contributed by atoms with Gasteiger partial charge in [0.1, 0.15) is 29.0 Å². The Kier molecular flexibility index (Phi) is 5.52. The van der Waals surface area contributed by atoms with E-state index in [1.807, 2.05) is 12.3 Å². The van der Waals surface area contributed by atoms with Gasteiger partial charge in [-0.2, -0.15) is 13.2 Å². The number of rotatable bonds is 5. The lowest BCUT2D eigenvalue weighted by atomic mass is 9.86. The van der Waals surface area contributed by atoms with E-state index in [1.54, 1.807) is 7.05 Å². The molecule has 31 heavy (non-hydrogen) atoms. The molecule has 8 nitrogen and oxygen atoms in total. The van der Waals surface area contributed by atoms with Gasteiger partial charge in [0, 0.05) is 32.0 Å². The molecule has 0 aliphatic carbocycles. The third-order valence-electron chi connectivity index (χ3n) is 5.73. The number of nitrogens with one attached hydrogen (secondary N) is 3. The minimum absolute atomic E-state index is 0.104. The SMILES string of the molecule is CNC1(C(=O)NCc2ccc(C(F)(F)F)nc2)CCN(c2ncnc3[nH]ccc23)CC1. The molecule has 1 aliphatic rings. The molecule has 4 rings (SSSR count). The highest BCUT2D eigenvalue weighted by atomic mass is 19.4. The van der Waals surface area contributed by atoms with Crippen LogP contribution in [0.5, 0.6) is 0 Å². The number of hydrogen-bond acceptors (Lipinski definition) is 6. The number of pyridine rings is 1. The molecule has 3 aromatic rings. The number of fused-ring (bicyclic) bond motifs is 1. The molecule has 1 saturated heterocycles. The molecule has 1 amide bonds. The zero-order valence-corrected chi connectivity index (χ0v) is 16.8. The zero-order chi connectivity index (χ0) is 22.1. The van der Waals surface area contributed by atoms with Crippen molar-refractivity contribution in [3.8, 4) is 0 Å². The number of nitrogens with zero attached hydrogens (tertiary/aromatic N) is 4. The van der Waals surface area contributed by atoms with Crippen molar-refractivity contribution < 1.29 is 18.0 Å². The Morgan fingerprint density at radius 3 is 2.61 bits per heavy atom. The van der Waals surface area contributed by atoms with Crippen LogP contribution in [0.4, 0.5) is 19.0 Å². The van der Waals surface area contributed by atoms with Crippen LogP contribution in [-0.4, -0.2) is 51.5 Å². The topological polar surface area (TPSA) is 98.8 Å². The Hall–Kier alpha value is -3.21. The largest absolute Gasteiger partial charge is 0.433 e. The van der Waals surface area contributed by atoms with E-state index in [-0.39, 0.29) is 12.5 Å². The second-order valence-electron chi connectivity index (χ2n) is 7.49. The normalized spacial score (nSPS) is 16.5. The molecule has 0 spiro atoms. The summed E-state index contributed by atoms with van der Waals surface area (Å²) >= 11 is 0. The van der Waals surface area contributed by atoms with Crippen molar-refractivity contribution in [2.24, 2.45) is 0 Å². The number of likely N-dealkylation sites (N-methyl/N-ethyl adjacent to an activating group) is 1. The summed E-state index contributed by atoms with van der Waals surface area (Å²) in [5, 5.41) is 6.90. The van der Waals surface area contributed by atoms with Crippen molar-refractivity contribution in [2.45, 2.75) is 31.1 Å². The second-order valence-corrected chi connectivity index (χ2v) is 7.49. The highest BCUT2D eigenvalue weighted by Gasteiger charge is 2.40. The number of anilines is 1. The average molecular weight is 433 g/mol. The van der Waals surface area contributed by atoms with Crippen molar-refractivity contribution in [2.75, 3.05) is 25.0 Å². The number of amides is 1. The van der Waals surface area contributed by atoms with E-state index in [1.165, 1.54) is 12.4 Å². The first-order valence-corrected chi connectivity index (χ1v) is 9.85. The summed E-state index contributed by atoms with van der Waals surface area (Å²) in [6.07, 6.45) is 1.08. The summed E-state index contributed by atoms with van der Waals surface area (Å²) in [6, 6.07) is 4.16. The van der Waals surface area contributed by atoms with E-state index in [9.17, 15) is 18.0 Å². The molecule has 11 heteroatoms. The predicted molar refractivity (Wildman–Crippen MR) is 108 cm³/mol. The Labute approximate surface area is 176 Å². The number of halogens is 3. The van der Waals surface area contributed by atoms with Gasteiger partial charge in [-0.05, 0) is 37.6 Å². The van der Waals surface area contributed by atoms with E-state index in [2.05, 4.69) is 35.5 Å². The maximum atomic E-state index is 12.9. The maximum absolute atomic E-state index is 12.9. The van der Waals surface area contributed by atoms with E-state index < -0.39 is 17.4 Å². The lowest BCUT2D eigenvalue weighted by Gasteiger charge is -2.41. The van der Waals surface area contributed by atoms with Crippen molar-refractivity contribution >= 4 is 22.8 Å². The van der Waals surface area contributed by atoms with Crippen LogP contribution < -0.4 is 15.5 Å². The fourth-order valence-corrected chi connectivity index (χ4v) is 3.85. The van der Waals surface area contributed by atoms with Crippen LogP contribution in [0.15, 0.2) is 36.9 Å². The lowest BCUT2D eigenvalue weighted by molar-refractivity contribution is -0.141. The van der Waals surface area contributed by atoms with Gasteiger partial charge < -0.3 is 20.5 Å². The molecule has 0 bridgehead atoms. The quantitative estimate of drug-likeness (QED) is 0.571. The number of aromatic amines is 1. The van der Waals surface area contributed by atoms with E-state index in [0.29, 0.717) is 31.5 Å². The van der Waals surface area contributed by atoms with Crippen molar-refractivity contribution in [1.29, 1.82) is 0 Å². The van der Waals surface area contributed by atoms with Crippen LogP contribution >= 0.6 is 0 Å². The molecule has 3 aromatic heterocycles. The minimum atomic E-state index is -4.48. The van der Waals surface area contributed by atoms with Crippen LogP contribution in [0.1, 0.15) is 24.1 Å². The van der Waals surface area contributed by atoms with Gasteiger partial charge in [0.2, 0.25) is 5.91 Å². The molecule has 0 saturated carbocycles. The highest BCUT2D eigenvalue weighted by molar-refractivity contribution is 5.89. The summed E-state index contributed by atoms with van der Waals surface area (Å²) < 4.78 is 37.9. The Morgan fingerprint density at radius 1 is 1.19 bits per heavy atom. The van der Waals surface area contributed by atoms with Gasteiger partial charge in [0.15, 0.2) is 0 Å². The number of piperidine rings is 1. The average Bonchev–Trinajstić information content (AvgIpc) is 3.26. The molecule has 3 N–H and O–H groups in total. The van der Waals surface area contributed by atoms with Crippen LogP contribution in [0.3, 0.4) is 0 Å². The number of alkyl halides is 3. The van der Waals surface area contributed by atoms with Gasteiger partial charge in [-0.15, -0.1) is 0 Å². The molecule has 164 valence electrons. The summed E-state index contributed by atoms with van der Waals surface area (Å²) in [6.45, 7) is 1.34. The number of carbonyl (C=O) groups is 1. The molecule has 0 atom stereocenters. The molecule has 1 aliphatic heterocycles. The summed E-state index contributed by atoms with van der Waals surface area (Å²) in [5.74, 6) is 0.635. The van der Waals surface area contributed by atoms with E-state index in [4.69, 9.17) is 0 Å². The van der Waals surface area contributed by atoms with Crippen LogP contribution in [0, 0.1) is 0 Å². The fraction of sp³-hybridized carbons (Fsp3) is 0.400.